The molecular formula is C17H18F3N5. The zero-order valence-corrected chi connectivity index (χ0v) is 14.1. The first-order valence-electron chi connectivity index (χ1n) is 7.68. The molecule has 3 rings (SSSR count). The maximum atomic E-state index is 12.8. The van der Waals surface area contributed by atoms with Crippen molar-refractivity contribution >= 4 is 16.6 Å². The van der Waals surface area contributed by atoms with E-state index in [1.807, 2.05) is 36.7 Å². The maximum Gasteiger partial charge on any atom is 0.408 e. The van der Waals surface area contributed by atoms with Gasteiger partial charge in [-0.3, -0.25) is 5.10 Å². The quantitative estimate of drug-likeness (QED) is 0.754. The van der Waals surface area contributed by atoms with Crippen molar-refractivity contribution in [3.63, 3.8) is 0 Å². The standard InChI is InChI=1S/C17H18F3N5/c1-9(22-10(2)17(18,19)20)16-13-7-12(5-6-14(13)23-24-16)15-8-21-11(3)25(15)4/h5-8,10,22H,1H2,2-4H3,(H,23,24). The number of fused-ring (bicyclic) bond motifs is 1. The molecule has 0 saturated carbocycles. The molecule has 0 saturated heterocycles. The van der Waals surface area contributed by atoms with Gasteiger partial charge in [-0.05, 0) is 26.0 Å². The van der Waals surface area contributed by atoms with E-state index in [2.05, 4.69) is 27.1 Å². The molecule has 2 aromatic heterocycles. The smallest absolute Gasteiger partial charge is 0.373 e. The summed E-state index contributed by atoms with van der Waals surface area (Å²) in [6, 6.07) is 3.91. The predicted molar refractivity (Wildman–Crippen MR) is 90.7 cm³/mol. The summed E-state index contributed by atoms with van der Waals surface area (Å²) in [6.45, 7) is 6.66. The lowest BCUT2D eigenvalue weighted by Gasteiger charge is -2.19. The molecule has 0 amide bonds. The fourth-order valence-corrected chi connectivity index (χ4v) is 2.59. The molecule has 5 nitrogen and oxygen atoms in total. The molecule has 0 fully saturated rings. The van der Waals surface area contributed by atoms with Crippen molar-refractivity contribution in [3.05, 3.63) is 42.5 Å². The van der Waals surface area contributed by atoms with Crippen LogP contribution in [0.25, 0.3) is 27.9 Å². The molecule has 0 aliphatic carbocycles. The lowest BCUT2D eigenvalue weighted by Crippen LogP contribution is -2.38. The van der Waals surface area contributed by atoms with Gasteiger partial charge in [-0.2, -0.15) is 18.3 Å². The van der Waals surface area contributed by atoms with Crippen LogP contribution in [-0.4, -0.2) is 32.0 Å². The number of aromatic amines is 1. The highest BCUT2D eigenvalue weighted by Crippen LogP contribution is 2.28. The molecule has 0 radical (unpaired) electrons. The summed E-state index contributed by atoms with van der Waals surface area (Å²) in [5.41, 5.74) is 3.02. The van der Waals surface area contributed by atoms with Gasteiger partial charge in [0.1, 0.15) is 17.6 Å². The first kappa shape index (κ1) is 17.1. The SMILES string of the molecule is C=C(NC(C)C(F)(F)F)c1n[nH]c2ccc(-c3cnc(C)n3C)cc12. The first-order chi connectivity index (χ1) is 11.7. The molecule has 1 atom stereocenters. The monoisotopic (exact) mass is 349 g/mol. The highest BCUT2D eigenvalue weighted by atomic mass is 19.4. The summed E-state index contributed by atoms with van der Waals surface area (Å²) in [7, 11) is 1.91. The van der Waals surface area contributed by atoms with E-state index in [4.69, 9.17) is 0 Å². The van der Waals surface area contributed by atoms with Gasteiger partial charge in [0.2, 0.25) is 0 Å². The molecule has 2 N–H and O–H groups in total. The van der Waals surface area contributed by atoms with E-state index >= 15 is 0 Å². The average molecular weight is 349 g/mol. The highest BCUT2D eigenvalue weighted by Gasteiger charge is 2.36. The van der Waals surface area contributed by atoms with Crippen LogP contribution in [0.3, 0.4) is 0 Å². The summed E-state index contributed by atoms with van der Waals surface area (Å²) >= 11 is 0. The van der Waals surface area contributed by atoms with Crippen molar-refractivity contribution in [2.24, 2.45) is 7.05 Å². The summed E-state index contributed by atoms with van der Waals surface area (Å²) in [5.74, 6) is 0.868. The first-order valence-corrected chi connectivity index (χ1v) is 7.68. The van der Waals surface area contributed by atoms with Crippen LogP contribution in [0.15, 0.2) is 31.0 Å². The van der Waals surface area contributed by atoms with Crippen LogP contribution in [0.4, 0.5) is 13.2 Å². The lowest BCUT2D eigenvalue weighted by molar-refractivity contribution is -0.148. The number of halogens is 3. The zero-order chi connectivity index (χ0) is 18.4. The van der Waals surface area contributed by atoms with E-state index in [0.717, 1.165) is 29.5 Å². The number of alkyl halides is 3. The van der Waals surface area contributed by atoms with Crippen molar-refractivity contribution in [3.8, 4) is 11.3 Å². The van der Waals surface area contributed by atoms with Crippen LogP contribution in [0.2, 0.25) is 0 Å². The Kier molecular flexibility index (Phi) is 4.06. The zero-order valence-electron chi connectivity index (χ0n) is 14.1. The topological polar surface area (TPSA) is 58.5 Å². The molecule has 1 aromatic carbocycles. The van der Waals surface area contributed by atoms with Gasteiger partial charge >= 0.3 is 6.18 Å². The largest absolute Gasteiger partial charge is 0.408 e. The number of nitrogens with zero attached hydrogens (tertiary/aromatic N) is 3. The summed E-state index contributed by atoms with van der Waals surface area (Å²) < 4.78 is 40.2. The van der Waals surface area contributed by atoms with Gasteiger partial charge in [-0.1, -0.05) is 12.6 Å². The molecule has 1 unspecified atom stereocenters. The normalized spacial score (nSPS) is 13.2. The Hall–Kier alpha value is -2.77. The van der Waals surface area contributed by atoms with Crippen molar-refractivity contribution < 1.29 is 13.2 Å². The third-order valence-electron chi connectivity index (χ3n) is 4.25. The van der Waals surface area contributed by atoms with Crippen molar-refractivity contribution in [1.82, 2.24) is 25.1 Å². The van der Waals surface area contributed by atoms with E-state index in [1.54, 1.807) is 6.20 Å². The van der Waals surface area contributed by atoms with Gasteiger partial charge in [-0.15, -0.1) is 0 Å². The minimum Gasteiger partial charge on any atom is -0.373 e. The Morgan fingerprint density at radius 1 is 1.36 bits per heavy atom. The summed E-state index contributed by atoms with van der Waals surface area (Å²) in [6.07, 6.45) is -2.60. The van der Waals surface area contributed by atoms with Crippen LogP contribution in [0.5, 0.6) is 0 Å². The molecule has 0 bridgehead atoms. The fourth-order valence-electron chi connectivity index (χ4n) is 2.59. The number of benzene rings is 1. The van der Waals surface area contributed by atoms with E-state index < -0.39 is 12.2 Å². The van der Waals surface area contributed by atoms with E-state index in [1.165, 1.54) is 0 Å². The van der Waals surface area contributed by atoms with Crippen molar-refractivity contribution in [2.45, 2.75) is 26.1 Å². The van der Waals surface area contributed by atoms with Crippen molar-refractivity contribution in [1.29, 1.82) is 0 Å². The lowest BCUT2D eigenvalue weighted by atomic mass is 10.1. The number of nitrogens with one attached hydrogen (secondary N) is 2. The van der Waals surface area contributed by atoms with Gasteiger partial charge < -0.3 is 9.88 Å². The number of hydrogen-bond acceptors (Lipinski definition) is 3. The summed E-state index contributed by atoms with van der Waals surface area (Å²) in [4.78, 5) is 4.27. The van der Waals surface area contributed by atoms with Gasteiger partial charge in [0, 0.05) is 18.0 Å². The maximum absolute atomic E-state index is 12.8. The molecule has 25 heavy (non-hydrogen) atoms. The van der Waals surface area contributed by atoms with E-state index in [9.17, 15) is 13.2 Å². The van der Waals surface area contributed by atoms with Gasteiger partial charge in [-0.25, -0.2) is 4.98 Å². The Bertz CT molecular complexity index is 936. The Morgan fingerprint density at radius 2 is 2.08 bits per heavy atom. The van der Waals surface area contributed by atoms with Crippen molar-refractivity contribution in [2.75, 3.05) is 0 Å². The molecule has 3 aromatic rings. The average Bonchev–Trinajstić information content (AvgIpc) is 3.10. The van der Waals surface area contributed by atoms with Crippen LogP contribution in [0, 0.1) is 6.92 Å². The van der Waals surface area contributed by atoms with Gasteiger partial charge in [0.25, 0.3) is 0 Å². The van der Waals surface area contributed by atoms with Crippen LogP contribution >= 0.6 is 0 Å². The molecule has 0 aliphatic rings. The Balaban J connectivity index is 1.99. The molecule has 8 heteroatoms. The molecule has 0 aliphatic heterocycles. The number of H-pyrrole nitrogens is 1. The Labute approximate surface area is 142 Å². The molecule has 132 valence electrons. The second kappa shape index (κ2) is 5.94. The van der Waals surface area contributed by atoms with Gasteiger partial charge in [0.15, 0.2) is 0 Å². The van der Waals surface area contributed by atoms with E-state index in [0.29, 0.717) is 11.1 Å². The predicted octanol–water partition coefficient (Wildman–Crippen LogP) is 3.78. The second-order valence-corrected chi connectivity index (χ2v) is 5.97. The number of hydrogen-bond donors (Lipinski definition) is 2. The number of imidazole rings is 1. The number of rotatable bonds is 4. The molecule has 2 heterocycles. The molecule has 0 spiro atoms. The minimum absolute atomic E-state index is 0.120. The summed E-state index contributed by atoms with van der Waals surface area (Å²) in [5, 5.41) is 10.0. The minimum atomic E-state index is -4.35. The van der Waals surface area contributed by atoms with Gasteiger partial charge in [0.05, 0.1) is 23.1 Å². The molecular weight excluding hydrogens is 331 g/mol. The van der Waals surface area contributed by atoms with E-state index in [-0.39, 0.29) is 5.70 Å². The third kappa shape index (κ3) is 3.11. The fraction of sp³-hybridized carbons (Fsp3) is 0.294. The number of aryl methyl sites for hydroxylation is 1. The number of aromatic nitrogens is 4. The van der Waals surface area contributed by atoms with Crippen LogP contribution in [-0.2, 0) is 7.05 Å². The van der Waals surface area contributed by atoms with Crippen LogP contribution < -0.4 is 5.32 Å². The highest BCUT2D eigenvalue weighted by molar-refractivity contribution is 5.92. The second-order valence-electron chi connectivity index (χ2n) is 5.97. The van der Waals surface area contributed by atoms with Crippen LogP contribution in [0.1, 0.15) is 18.4 Å². The third-order valence-corrected chi connectivity index (χ3v) is 4.25. The Morgan fingerprint density at radius 3 is 2.68 bits per heavy atom.